The second-order valence-corrected chi connectivity index (χ2v) is 15.1. The summed E-state index contributed by atoms with van der Waals surface area (Å²) in [6, 6.07) is 0. The van der Waals surface area contributed by atoms with Crippen molar-refractivity contribution in [2.75, 3.05) is 0 Å². The van der Waals surface area contributed by atoms with Gasteiger partial charge in [0.15, 0.2) is 0 Å². The summed E-state index contributed by atoms with van der Waals surface area (Å²) in [5, 5.41) is 0. The van der Waals surface area contributed by atoms with Crippen LogP contribution in [-0.2, 0) is 9.53 Å². The highest BCUT2D eigenvalue weighted by Gasteiger charge is 2.82. The number of carbonyl (C=O) groups is 1. The number of rotatable bonds is 4. The normalized spacial score (nSPS) is 55.3. The van der Waals surface area contributed by atoms with Gasteiger partial charge in [-0.05, 0) is 123 Å². The molecule has 2 nitrogen and oxygen atoms in total. The Hall–Kier alpha value is -0.370. The Morgan fingerprint density at radius 3 is 2.22 bits per heavy atom. The molecule has 0 amide bonds. The van der Waals surface area contributed by atoms with Crippen molar-refractivity contribution in [1.29, 1.82) is 0 Å². The molecule has 0 bridgehead atoms. The molecule has 9 atom stereocenters. The van der Waals surface area contributed by atoms with Crippen LogP contribution in [-0.4, -0.2) is 17.5 Å². The van der Waals surface area contributed by atoms with Gasteiger partial charge in [-0.15, -0.1) is 0 Å². The molecule has 32 heavy (non-hydrogen) atoms. The number of ether oxygens (including phenoxy) is 1. The lowest BCUT2D eigenvalue weighted by atomic mass is 9.42. The average Bonchev–Trinajstić information content (AvgIpc) is 3.53. The Labute approximate surface area is 197 Å². The Kier molecular flexibility index (Phi) is 4.31. The summed E-state index contributed by atoms with van der Waals surface area (Å²) in [5.41, 5.74) is 2.14. The molecule has 1 saturated heterocycles. The van der Waals surface area contributed by atoms with Crippen LogP contribution in [0.4, 0.5) is 0 Å². The van der Waals surface area contributed by atoms with Crippen LogP contribution >= 0.6 is 0 Å². The van der Waals surface area contributed by atoms with E-state index in [1.54, 1.807) is 0 Å². The first-order chi connectivity index (χ1) is 14.8. The largest absolute Gasteiger partial charge is 0.367 e. The van der Waals surface area contributed by atoms with Gasteiger partial charge in [0.05, 0.1) is 11.7 Å². The van der Waals surface area contributed by atoms with Gasteiger partial charge in [-0.2, -0.15) is 0 Å². The van der Waals surface area contributed by atoms with E-state index < -0.39 is 0 Å². The van der Waals surface area contributed by atoms with E-state index in [1.165, 1.54) is 64.2 Å². The van der Waals surface area contributed by atoms with Crippen LogP contribution in [0.1, 0.15) is 119 Å². The maximum Gasteiger partial charge on any atom is 0.138 e. The van der Waals surface area contributed by atoms with E-state index in [2.05, 4.69) is 48.5 Å². The molecule has 9 unspecified atom stereocenters. The fraction of sp³-hybridized carbons (Fsp3) is 0.967. The summed E-state index contributed by atoms with van der Waals surface area (Å²) < 4.78 is 5.91. The predicted octanol–water partition coefficient (Wildman–Crippen LogP) is 7.59. The summed E-state index contributed by atoms with van der Waals surface area (Å²) in [5.74, 6) is 3.79. The third-order valence-electron chi connectivity index (χ3n) is 13.7. The van der Waals surface area contributed by atoms with E-state index in [1.807, 2.05) is 0 Å². The fourth-order valence-electron chi connectivity index (χ4n) is 11.5. The maximum atomic E-state index is 12.8. The molecule has 6 fully saturated rings. The van der Waals surface area contributed by atoms with Gasteiger partial charge in [0.2, 0.25) is 0 Å². The van der Waals surface area contributed by atoms with Gasteiger partial charge in [-0.1, -0.05) is 34.6 Å². The van der Waals surface area contributed by atoms with Gasteiger partial charge in [0.1, 0.15) is 5.78 Å². The van der Waals surface area contributed by atoms with Gasteiger partial charge in [-0.25, -0.2) is 0 Å². The molecule has 180 valence electrons. The highest BCUT2D eigenvalue weighted by Crippen LogP contribution is 2.88. The fourth-order valence-corrected chi connectivity index (χ4v) is 11.5. The zero-order valence-electron chi connectivity index (χ0n) is 22.0. The first-order valence-electron chi connectivity index (χ1n) is 14.1. The topological polar surface area (TPSA) is 29.6 Å². The molecule has 0 aromatic carbocycles. The van der Waals surface area contributed by atoms with Crippen molar-refractivity contribution in [3.05, 3.63) is 0 Å². The smallest absolute Gasteiger partial charge is 0.138 e. The summed E-state index contributed by atoms with van der Waals surface area (Å²) in [4.78, 5) is 12.8. The van der Waals surface area contributed by atoms with E-state index >= 15 is 0 Å². The first kappa shape index (κ1) is 22.1. The van der Waals surface area contributed by atoms with E-state index in [4.69, 9.17) is 4.74 Å². The van der Waals surface area contributed by atoms with Gasteiger partial charge in [-0.3, -0.25) is 4.79 Å². The van der Waals surface area contributed by atoms with Gasteiger partial charge >= 0.3 is 0 Å². The molecule has 6 rings (SSSR count). The minimum atomic E-state index is -0.0836. The van der Waals surface area contributed by atoms with Crippen LogP contribution in [0.3, 0.4) is 0 Å². The molecular formula is C30H48O2. The number of carbonyl (C=O) groups excluding carboxylic acids is 1. The quantitative estimate of drug-likeness (QED) is 0.421. The molecule has 0 radical (unpaired) electrons. The summed E-state index contributed by atoms with van der Waals surface area (Å²) in [6.07, 6.45) is 15.1. The molecule has 0 aromatic rings. The summed E-state index contributed by atoms with van der Waals surface area (Å²) in [7, 11) is 0. The second kappa shape index (κ2) is 6.24. The number of hydrogen-bond donors (Lipinski definition) is 0. The van der Waals surface area contributed by atoms with E-state index in [0.717, 1.165) is 24.2 Å². The highest BCUT2D eigenvalue weighted by atomic mass is 16.6. The third kappa shape index (κ3) is 2.45. The molecule has 5 aliphatic carbocycles. The van der Waals surface area contributed by atoms with Crippen molar-refractivity contribution >= 4 is 5.78 Å². The lowest BCUT2D eigenvalue weighted by Crippen LogP contribution is -2.57. The zero-order valence-corrected chi connectivity index (χ0v) is 22.0. The molecule has 6 aliphatic rings. The lowest BCUT2D eigenvalue weighted by Gasteiger charge is -2.62. The van der Waals surface area contributed by atoms with Crippen LogP contribution < -0.4 is 0 Å². The molecule has 1 aliphatic heterocycles. The third-order valence-corrected chi connectivity index (χ3v) is 13.7. The molecule has 5 saturated carbocycles. The number of ketones is 1. The lowest BCUT2D eigenvalue weighted by molar-refractivity contribution is -0.157. The minimum Gasteiger partial charge on any atom is -0.367 e. The number of Topliss-reactive ketones (excluding diaryl/α,β-unsaturated/α-hetero) is 1. The Morgan fingerprint density at radius 2 is 1.53 bits per heavy atom. The van der Waals surface area contributed by atoms with Crippen LogP contribution in [0.15, 0.2) is 0 Å². The van der Waals surface area contributed by atoms with Gasteiger partial charge < -0.3 is 4.74 Å². The molecule has 1 heterocycles. The average molecular weight is 441 g/mol. The molecule has 2 heteroatoms. The molecule has 2 spiro atoms. The maximum absolute atomic E-state index is 12.8. The van der Waals surface area contributed by atoms with Crippen LogP contribution in [0, 0.1) is 50.7 Å². The van der Waals surface area contributed by atoms with Crippen molar-refractivity contribution in [2.45, 2.75) is 131 Å². The van der Waals surface area contributed by atoms with Crippen LogP contribution in [0.25, 0.3) is 0 Å². The van der Waals surface area contributed by atoms with Crippen molar-refractivity contribution in [3.8, 4) is 0 Å². The number of hydrogen-bond acceptors (Lipinski definition) is 2. The molecule has 0 N–H and O–H groups in total. The molecule has 0 aromatic heterocycles. The Bertz CT molecular complexity index is 842. The standard InChI is InChI=1S/C30H48O2/c1-19(8-11-24-26(4,5)32-24)20-12-14-28(7)22-10-9-21-25(2,3)23(31)13-15-29(21)18-30(22,29)17-16-27(20,28)6/h19-22,24H,8-18H2,1-7H3. The monoisotopic (exact) mass is 440 g/mol. The van der Waals surface area contributed by atoms with Gasteiger partial charge in [0.25, 0.3) is 0 Å². The Morgan fingerprint density at radius 1 is 0.875 bits per heavy atom. The van der Waals surface area contributed by atoms with E-state index in [0.29, 0.717) is 39.5 Å². The Balaban J connectivity index is 1.24. The van der Waals surface area contributed by atoms with E-state index in [9.17, 15) is 4.79 Å². The molecular weight excluding hydrogens is 392 g/mol. The highest BCUT2D eigenvalue weighted by molar-refractivity contribution is 5.86. The zero-order chi connectivity index (χ0) is 22.9. The van der Waals surface area contributed by atoms with Crippen molar-refractivity contribution in [3.63, 3.8) is 0 Å². The van der Waals surface area contributed by atoms with Crippen molar-refractivity contribution in [2.24, 2.45) is 50.7 Å². The van der Waals surface area contributed by atoms with Gasteiger partial charge in [0, 0.05) is 11.8 Å². The number of epoxide rings is 1. The minimum absolute atomic E-state index is 0.0836. The van der Waals surface area contributed by atoms with Crippen LogP contribution in [0.5, 0.6) is 0 Å². The second-order valence-electron chi connectivity index (χ2n) is 15.1. The SMILES string of the molecule is CC(CCC1OC1(C)C)C1CCC2(C)C3CCC4C(C)(C)C(=O)CCC45CC35CCC12C. The van der Waals surface area contributed by atoms with Crippen molar-refractivity contribution < 1.29 is 9.53 Å². The van der Waals surface area contributed by atoms with Crippen molar-refractivity contribution in [1.82, 2.24) is 0 Å². The first-order valence-corrected chi connectivity index (χ1v) is 14.1. The van der Waals surface area contributed by atoms with E-state index in [-0.39, 0.29) is 11.0 Å². The predicted molar refractivity (Wildman–Crippen MR) is 129 cm³/mol. The number of fused-ring (bicyclic) bond motifs is 2. The summed E-state index contributed by atoms with van der Waals surface area (Å²) in [6.45, 7) is 17.1. The summed E-state index contributed by atoms with van der Waals surface area (Å²) >= 11 is 0. The van der Waals surface area contributed by atoms with Crippen LogP contribution in [0.2, 0.25) is 0 Å².